The molecule has 3 aromatic rings. The summed E-state index contributed by atoms with van der Waals surface area (Å²) in [6.07, 6.45) is 8.48. The molecule has 4 rings (SSSR count). The maximum Gasteiger partial charge on any atom is 0.319 e. The number of carbonyl (C=O) groups is 1. The van der Waals surface area contributed by atoms with Crippen LogP contribution < -0.4 is 10.6 Å². The molecule has 32 heavy (non-hydrogen) atoms. The summed E-state index contributed by atoms with van der Waals surface area (Å²) in [4.78, 5) is 19.5. The number of amides is 2. The van der Waals surface area contributed by atoms with Crippen molar-refractivity contribution in [2.45, 2.75) is 70.6 Å². The van der Waals surface area contributed by atoms with Crippen LogP contribution in [0.2, 0.25) is 0 Å². The second-order valence-electron chi connectivity index (χ2n) is 10.0. The Bertz CT molecular complexity index is 1100. The maximum absolute atomic E-state index is 13.0. The predicted octanol–water partition coefficient (Wildman–Crippen LogP) is 6.22. The standard InChI is InChI=1S/C27H36N4O/c1-18(2)20-10-8-11-21(19(3)4)24(20)31(26(28)32)17-27(13-6-7-14-27)23-16-30(5)25-22(23)12-9-15-29-25/h8-12,15-16,18-19H,6-7,13-14,17H2,1-5H3,(H2,28,32). The van der Waals surface area contributed by atoms with E-state index in [0.29, 0.717) is 18.4 Å². The molecule has 1 aliphatic rings. The highest BCUT2D eigenvalue weighted by atomic mass is 16.2. The summed E-state index contributed by atoms with van der Waals surface area (Å²) in [5.74, 6) is 0.596. The molecular formula is C27H36N4O. The second kappa shape index (κ2) is 8.61. The summed E-state index contributed by atoms with van der Waals surface area (Å²) < 4.78 is 2.11. The zero-order valence-corrected chi connectivity index (χ0v) is 20.1. The van der Waals surface area contributed by atoms with E-state index in [1.54, 1.807) is 0 Å². The van der Waals surface area contributed by atoms with Gasteiger partial charge in [-0.25, -0.2) is 9.78 Å². The van der Waals surface area contributed by atoms with E-state index in [9.17, 15) is 4.79 Å². The minimum absolute atomic E-state index is 0.129. The number of pyridine rings is 1. The summed E-state index contributed by atoms with van der Waals surface area (Å²) >= 11 is 0. The fraction of sp³-hybridized carbons (Fsp3) is 0.481. The number of hydrogen-bond donors (Lipinski definition) is 1. The van der Waals surface area contributed by atoms with Gasteiger partial charge in [0.2, 0.25) is 0 Å². The number of carbonyl (C=O) groups excluding carboxylic acids is 1. The van der Waals surface area contributed by atoms with E-state index in [1.165, 1.54) is 22.1 Å². The van der Waals surface area contributed by atoms with Crippen molar-refractivity contribution in [3.05, 3.63) is 59.4 Å². The van der Waals surface area contributed by atoms with Crippen LogP contribution in [0.1, 0.15) is 81.9 Å². The Hall–Kier alpha value is -2.82. The number of para-hydroxylation sites is 1. The number of benzene rings is 1. The van der Waals surface area contributed by atoms with E-state index in [1.807, 2.05) is 17.2 Å². The number of aryl methyl sites for hydroxylation is 1. The number of urea groups is 1. The second-order valence-corrected chi connectivity index (χ2v) is 10.0. The summed E-state index contributed by atoms with van der Waals surface area (Å²) in [7, 11) is 2.05. The van der Waals surface area contributed by atoms with Crippen LogP contribution in [0.4, 0.5) is 10.5 Å². The molecule has 2 amide bonds. The fourth-order valence-electron chi connectivity index (χ4n) is 5.59. The molecule has 2 heterocycles. The Morgan fingerprint density at radius 3 is 2.28 bits per heavy atom. The first-order chi connectivity index (χ1) is 15.2. The van der Waals surface area contributed by atoms with Crippen LogP contribution in [0.3, 0.4) is 0 Å². The Balaban J connectivity index is 1.88. The third-order valence-electron chi connectivity index (χ3n) is 7.20. The lowest BCUT2D eigenvalue weighted by Gasteiger charge is -2.37. The minimum atomic E-state index is -0.371. The SMILES string of the molecule is CC(C)c1cccc(C(C)C)c1N(CC1(c2cn(C)c3ncccc23)CCCC1)C(N)=O. The van der Waals surface area contributed by atoms with Gasteiger partial charge in [-0.1, -0.05) is 58.7 Å². The van der Waals surface area contributed by atoms with E-state index in [-0.39, 0.29) is 11.4 Å². The number of hydrogen-bond acceptors (Lipinski definition) is 2. The highest BCUT2D eigenvalue weighted by Gasteiger charge is 2.41. The van der Waals surface area contributed by atoms with Crippen LogP contribution in [0, 0.1) is 0 Å². The van der Waals surface area contributed by atoms with Crippen molar-refractivity contribution in [1.82, 2.24) is 9.55 Å². The van der Waals surface area contributed by atoms with Gasteiger partial charge >= 0.3 is 6.03 Å². The van der Waals surface area contributed by atoms with Crippen molar-refractivity contribution in [2.24, 2.45) is 12.8 Å². The van der Waals surface area contributed by atoms with Gasteiger partial charge < -0.3 is 10.3 Å². The van der Waals surface area contributed by atoms with Gasteiger partial charge in [-0.05, 0) is 53.5 Å². The van der Waals surface area contributed by atoms with Crippen molar-refractivity contribution >= 4 is 22.8 Å². The fourth-order valence-corrected chi connectivity index (χ4v) is 5.59. The molecule has 0 aliphatic heterocycles. The monoisotopic (exact) mass is 432 g/mol. The zero-order valence-electron chi connectivity index (χ0n) is 20.1. The van der Waals surface area contributed by atoms with Gasteiger partial charge in [0, 0.05) is 36.8 Å². The number of rotatable bonds is 6. The van der Waals surface area contributed by atoms with E-state index in [4.69, 9.17) is 5.73 Å². The average Bonchev–Trinajstić information content (AvgIpc) is 3.37. The molecule has 0 radical (unpaired) electrons. The topological polar surface area (TPSA) is 64.2 Å². The maximum atomic E-state index is 13.0. The van der Waals surface area contributed by atoms with Gasteiger partial charge in [-0.15, -0.1) is 0 Å². The molecule has 0 spiro atoms. The normalized spacial score (nSPS) is 15.7. The van der Waals surface area contributed by atoms with Crippen LogP contribution >= 0.6 is 0 Å². The van der Waals surface area contributed by atoms with Gasteiger partial charge in [0.25, 0.3) is 0 Å². The zero-order chi connectivity index (χ0) is 23.0. The summed E-state index contributed by atoms with van der Waals surface area (Å²) in [5, 5.41) is 1.18. The molecule has 0 bridgehead atoms. The summed E-state index contributed by atoms with van der Waals surface area (Å²) in [5.41, 5.74) is 11.6. The van der Waals surface area contributed by atoms with Crippen LogP contribution in [0.15, 0.2) is 42.7 Å². The molecule has 170 valence electrons. The quantitative estimate of drug-likeness (QED) is 0.503. The molecule has 2 N–H and O–H groups in total. The molecule has 5 nitrogen and oxygen atoms in total. The van der Waals surface area contributed by atoms with Gasteiger partial charge in [-0.2, -0.15) is 0 Å². The molecular weight excluding hydrogens is 396 g/mol. The van der Waals surface area contributed by atoms with Crippen molar-refractivity contribution in [2.75, 3.05) is 11.4 Å². The first-order valence-electron chi connectivity index (χ1n) is 11.9. The molecule has 0 unspecified atom stereocenters. The first kappa shape index (κ1) is 22.4. The highest BCUT2D eigenvalue weighted by Crippen LogP contribution is 2.46. The van der Waals surface area contributed by atoms with Gasteiger partial charge in [0.15, 0.2) is 0 Å². The molecule has 0 saturated heterocycles. The van der Waals surface area contributed by atoms with Gasteiger partial charge in [-0.3, -0.25) is 4.90 Å². The van der Waals surface area contributed by atoms with Crippen molar-refractivity contribution in [1.29, 1.82) is 0 Å². The average molecular weight is 433 g/mol. The molecule has 1 aliphatic carbocycles. The van der Waals surface area contributed by atoms with Crippen molar-refractivity contribution in [3.63, 3.8) is 0 Å². The number of primary amides is 1. The molecule has 5 heteroatoms. The number of anilines is 1. The van der Waals surface area contributed by atoms with Crippen molar-refractivity contribution in [3.8, 4) is 0 Å². The number of nitrogens with zero attached hydrogens (tertiary/aromatic N) is 3. The van der Waals surface area contributed by atoms with Crippen LogP contribution in [-0.2, 0) is 12.5 Å². The van der Waals surface area contributed by atoms with Gasteiger partial charge in [0.1, 0.15) is 5.65 Å². The van der Waals surface area contributed by atoms with E-state index < -0.39 is 0 Å². The Labute approximate surface area is 191 Å². The molecule has 2 aromatic heterocycles. The largest absolute Gasteiger partial charge is 0.351 e. The first-order valence-corrected chi connectivity index (χ1v) is 11.9. The molecule has 1 fully saturated rings. The number of nitrogens with two attached hydrogens (primary N) is 1. The smallest absolute Gasteiger partial charge is 0.319 e. The van der Waals surface area contributed by atoms with E-state index in [2.05, 4.69) is 74.8 Å². The lowest BCUT2D eigenvalue weighted by molar-refractivity contribution is 0.251. The molecule has 1 saturated carbocycles. The van der Waals surface area contributed by atoms with E-state index in [0.717, 1.165) is 37.0 Å². The Kier molecular flexibility index (Phi) is 6.02. The third-order valence-corrected chi connectivity index (χ3v) is 7.20. The summed E-state index contributed by atoms with van der Waals surface area (Å²) in [6, 6.07) is 10.2. The van der Waals surface area contributed by atoms with Crippen LogP contribution in [0.25, 0.3) is 11.0 Å². The lowest BCUT2D eigenvalue weighted by atomic mass is 9.78. The predicted molar refractivity (Wildman–Crippen MR) is 132 cm³/mol. The summed E-state index contributed by atoms with van der Waals surface area (Å²) in [6.45, 7) is 9.33. The Morgan fingerprint density at radius 1 is 1.09 bits per heavy atom. The minimum Gasteiger partial charge on any atom is -0.351 e. The third kappa shape index (κ3) is 3.78. The van der Waals surface area contributed by atoms with E-state index >= 15 is 0 Å². The molecule has 1 aromatic carbocycles. The van der Waals surface area contributed by atoms with Gasteiger partial charge in [0.05, 0.1) is 5.69 Å². The van der Waals surface area contributed by atoms with Crippen LogP contribution in [0.5, 0.6) is 0 Å². The molecule has 0 atom stereocenters. The Morgan fingerprint density at radius 2 is 1.72 bits per heavy atom. The highest BCUT2D eigenvalue weighted by molar-refractivity contribution is 5.93. The van der Waals surface area contributed by atoms with Crippen LogP contribution in [-0.4, -0.2) is 22.1 Å². The lowest BCUT2D eigenvalue weighted by Crippen LogP contribution is -2.46. The number of fused-ring (bicyclic) bond motifs is 1. The number of aromatic nitrogens is 2. The van der Waals surface area contributed by atoms with Crippen molar-refractivity contribution < 1.29 is 4.79 Å².